The normalized spacial score (nSPS) is 35.0. The van der Waals surface area contributed by atoms with Crippen molar-refractivity contribution in [3.8, 4) is 0 Å². The first-order chi connectivity index (χ1) is 5.23. The van der Waals surface area contributed by atoms with Crippen molar-refractivity contribution in [1.82, 2.24) is 0 Å². The van der Waals surface area contributed by atoms with Crippen molar-refractivity contribution in [3.05, 3.63) is 11.6 Å². The molecule has 0 spiro atoms. The van der Waals surface area contributed by atoms with E-state index in [9.17, 15) is 0 Å². The van der Waals surface area contributed by atoms with Crippen LogP contribution < -0.4 is 0 Å². The van der Waals surface area contributed by atoms with Gasteiger partial charge in [0, 0.05) is 0 Å². The van der Waals surface area contributed by atoms with E-state index < -0.39 is 0 Å². The van der Waals surface area contributed by atoms with E-state index in [1.165, 1.54) is 32.1 Å². The molecule has 1 saturated carbocycles. The molecule has 0 amide bonds. The van der Waals surface area contributed by atoms with Gasteiger partial charge in [0.1, 0.15) is 0 Å². The molecule has 0 heterocycles. The van der Waals surface area contributed by atoms with Crippen LogP contribution in [0.5, 0.6) is 0 Å². The summed E-state index contributed by atoms with van der Waals surface area (Å²) >= 11 is 0. The predicted molar refractivity (Wildman–Crippen MR) is 50.6 cm³/mol. The molecule has 0 aromatic carbocycles. The fourth-order valence-electron chi connectivity index (χ4n) is 2.13. The predicted octanol–water partition coefficient (Wildman–Crippen LogP) is 3.92. The van der Waals surface area contributed by atoms with E-state index in [-0.39, 0.29) is 0 Å². The van der Waals surface area contributed by atoms with E-state index in [4.69, 9.17) is 0 Å². The maximum atomic E-state index is 2.44. The third-order valence-corrected chi connectivity index (χ3v) is 3.18. The summed E-state index contributed by atoms with van der Waals surface area (Å²) in [4.78, 5) is 0. The van der Waals surface area contributed by atoms with Gasteiger partial charge in [-0.15, -0.1) is 0 Å². The zero-order valence-electron chi connectivity index (χ0n) is 8.11. The molecule has 0 N–H and O–H groups in total. The van der Waals surface area contributed by atoms with Gasteiger partial charge < -0.3 is 0 Å². The third kappa shape index (κ3) is 1.66. The molecule has 0 nitrogen and oxygen atoms in total. The van der Waals surface area contributed by atoms with Gasteiger partial charge in [0.2, 0.25) is 0 Å². The van der Waals surface area contributed by atoms with E-state index >= 15 is 0 Å². The molecule has 0 radical (unpaired) electrons. The van der Waals surface area contributed by atoms with Crippen LogP contribution >= 0.6 is 0 Å². The number of hydrogen-bond acceptors (Lipinski definition) is 0. The molecule has 1 aliphatic carbocycles. The Morgan fingerprint density at radius 3 is 2.73 bits per heavy atom. The molecule has 0 aromatic heterocycles. The van der Waals surface area contributed by atoms with Crippen LogP contribution in [-0.2, 0) is 0 Å². The Bertz CT molecular complexity index is 155. The molecule has 1 aliphatic rings. The monoisotopic (exact) mass is 152 g/mol. The van der Waals surface area contributed by atoms with E-state index in [2.05, 4.69) is 26.8 Å². The summed E-state index contributed by atoms with van der Waals surface area (Å²) in [6.07, 6.45) is 9.16. The Labute approximate surface area is 70.7 Å². The largest absolute Gasteiger partial charge is 0.0851 e. The van der Waals surface area contributed by atoms with Crippen LogP contribution in [0.4, 0.5) is 0 Å². The summed E-state index contributed by atoms with van der Waals surface area (Å²) in [6.45, 7) is 6.97. The lowest BCUT2D eigenvalue weighted by Crippen LogP contribution is -2.11. The van der Waals surface area contributed by atoms with Gasteiger partial charge in [0.25, 0.3) is 0 Å². The summed E-state index contributed by atoms with van der Waals surface area (Å²) < 4.78 is 0. The molecule has 0 heteroatoms. The minimum absolute atomic E-state index is 0.565. The van der Waals surface area contributed by atoms with Gasteiger partial charge in [0.15, 0.2) is 0 Å². The van der Waals surface area contributed by atoms with Crippen molar-refractivity contribution >= 4 is 0 Å². The Hall–Kier alpha value is -0.260. The second kappa shape index (κ2) is 3.42. The summed E-state index contributed by atoms with van der Waals surface area (Å²) in [5, 5.41) is 0. The first-order valence-corrected chi connectivity index (χ1v) is 4.92. The minimum Gasteiger partial charge on any atom is -0.0851 e. The molecule has 64 valence electrons. The molecular weight excluding hydrogens is 132 g/mol. The lowest BCUT2D eigenvalue weighted by Gasteiger charge is -2.23. The van der Waals surface area contributed by atoms with E-state index in [1.54, 1.807) is 5.57 Å². The number of rotatable bonds is 2. The zero-order chi connectivity index (χ0) is 8.32. The average molecular weight is 152 g/mol. The zero-order valence-corrected chi connectivity index (χ0v) is 8.11. The van der Waals surface area contributed by atoms with Crippen LogP contribution in [0, 0.1) is 5.41 Å². The van der Waals surface area contributed by atoms with Gasteiger partial charge in [-0.1, -0.05) is 32.4 Å². The highest BCUT2D eigenvalue weighted by molar-refractivity contribution is 5.17. The summed E-state index contributed by atoms with van der Waals surface area (Å²) in [7, 11) is 0. The van der Waals surface area contributed by atoms with Crippen LogP contribution in [0.25, 0.3) is 0 Å². The standard InChI is InChI=1S/C11H20/c1-4-7-10-8-6-9-11(10,3)5-2/h7H,4-6,8-9H2,1-3H3/b10-7+. The highest BCUT2D eigenvalue weighted by Gasteiger charge is 2.30. The van der Waals surface area contributed by atoms with E-state index in [1.807, 2.05) is 0 Å². The Morgan fingerprint density at radius 2 is 2.18 bits per heavy atom. The molecule has 1 fully saturated rings. The van der Waals surface area contributed by atoms with Crippen LogP contribution in [-0.4, -0.2) is 0 Å². The Morgan fingerprint density at radius 1 is 1.45 bits per heavy atom. The van der Waals surface area contributed by atoms with Crippen molar-refractivity contribution in [3.63, 3.8) is 0 Å². The van der Waals surface area contributed by atoms with Gasteiger partial charge >= 0.3 is 0 Å². The van der Waals surface area contributed by atoms with Gasteiger partial charge in [-0.2, -0.15) is 0 Å². The van der Waals surface area contributed by atoms with Gasteiger partial charge in [0.05, 0.1) is 0 Å². The molecule has 0 bridgehead atoms. The van der Waals surface area contributed by atoms with Crippen LogP contribution in [0.1, 0.15) is 52.9 Å². The average Bonchev–Trinajstić information content (AvgIpc) is 2.35. The van der Waals surface area contributed by atoms with Gasteiger partial charge in [-0.3, -0.25) is 0 Å². The smallest absolute Gasteiger partial charge is 0.0119 e. The SMILES string of the molecule is CC/C=C1\CCCC1(C)CC. The van der Waals surface area contributed by atoms with Crippen LogP contribution in [0.3, 0.4) is 0 Å². The molecule has 11 heavy (non-hydrogen) atoms. The molecule has 0 aliphatic heterocycles. The highest BCUT2D eigenvalue weighted by Crippen LogP contribution is 2.45. The quantitative estimate of drug-likeness (QED) is 0.526. The molecule has 1 atom stereocenters. The van der Waals surface area contributed by atoms with Crippen molar-refractivity contribution in [2.75, 3.05) is 0 Å². The van der Waals surface area contributed by atoms with Crippen molar-refractivity contribution in [2.45, 2.75) is 52.9 Å². The van der Waals surface area contributed by atoms with Gasteiger partial charge in [-0.05, 0) is 37.5 Å². The molecular formula is C11H20. The highest BCUT2D eigenvalue weighted by atomic mass is 14.4. The summed E-state index contributed by atoms with van der Waals surface area (Å²) in [5.74, 6) is 0. The van der Waals surface area contributed by atoms with Crippen molar-refractivity contribution in [2.24, 2.45) is 5.41 Å². The maximum absolute atomic E-state index is 2.44. The lowest BCUT2D eigenvalue weighted by atomic mass is 9.81. The van der Waals surface area contributed by atoms with Crippen LogP contribution in [0.2, 0.25) is 0 Å². The maximum Gasteiger partial charge on any atom is -0.0119 e. The third-order valence-electron chi connectivity index (χ3n) is 3.18. The summed E-state index contributed by atoms with van der Waals surface area (Å²) in [5.41, 5.74) is 2.29. The topological polar surface area (TPSA) is 0 Å². The Balaban J connectivity index is 2.72. The first-order valence-electron chi connectivity index (χ1n) is 4.92. The molecule has 1 unspecified atom stereocenters. The molecule has 0 aromatic rings. The minimum atomic E-state index is 0.565. The van der Waals surface area contributed by atoms with E-state index in [0.717, 1.165) is 0 Å². The Kier molecular flexibility index (Phi) is 2.75. The second-order valence-corrected chi connectivity index (χ2v) is 3.91. The fraction of sp³-hybridized carbons (Fsp3) is 0.818. The second-order valence-electron chi connectivity index (χ2n) is 3.91. The molecule has 1 rings (SSSR count). The van der Waals surface area contributed by atoms with Crippen molar-refractivity contribution < 1.29 is 0 Å². The molecule has 0 saturated heterocycles. The number of hydrogen-bond donors (Lipinski definition) is 0. The first kappa shape index (κ1) is 8.83. The lowest BCUT2D eigenvalue weighted by molar-refractivity contribution is 0.394. The van der Waals surface area contributed by atoms with E-state index in [0.29, 0.717) is 5.41 Å². The van der Waals surface area contributed by atoms with Gasteiger partial charge in [-0.25, -0.2) is 0 Å². The van der Waals surface area contributed by atoms with Crippen molar-refractivity contribution in [1.29, 1.82) is 0 Å². The fourth-order valence-corrected chi connectivity index (χ4v) is 2.13. The van der Waals surface area contributed by atoms with Crippen LogP contribution in [0.15, 0.2) is 11.6 Å². The summed E-state index contributed by atoms with van der Waals surface area (Å²) in [6, 6.07) is 0. The number of allylic oxidation sites excluding steroid dienone is 2.